The molecule has 0 radical (unpaired) electrons. The molecule has 1 heterocycles. The first-order chi connectivity index (χ1) is 9.25. The van der Waals surface area contributed by atoms with Gasteiger partial charge in [0.2, 0.25) is 0 Å². The minimum atomic E-state index is -0.961. The van der Waals surface area contributed by atoms with Gasteiger partial charge >= 0.3 is 5.97 Å². The van der Waals surface area contributed by atoms with Gasteiger partial charge in [-0.1, -0.05) is 42.5 Å². The van der Waals surface area contributed by atoms with Crippen molar-refractivity contribution in [3.8, 4) is 11.3 Å². The summed E-state index contributed by atoms with van der Waals surface area (Å²) in [5, 5.41) is 11.1. The molecule has 0 aliphatic carbocycles. The molecule has 19 heavy (non-hydrogen) atoms. The third kappa shape index (κ3) is 2.06. The van der Waals surface area contributed by atoms with E-state index in [1.807, 2.05) is 42.5 Å². The average Bonchev–Trinajstić information content (AvgIpc) is 2.47. The molecule has 0 aliphatic rings. The molecule has 0 saturated heterocycles. The molecule has 3 aromatic rings. The highest BCUT2D eigenvalue weighted by atomic mass is 16.4. The molecular weight excluding hydrogens is 238 g/mol. The normalized spacial score (nSPS) is 10.5. The second-order valence-corrected chi connectivity index (χ2v) is 4.26. The molecule has 0 amide bonds. The lowest BCUT2D eigenvalue weighted by Gasteiger charge is -2.06. The summed E-state index contributed by atoms with van der Waals surface area (Å²) in [7, 11) is 0. The van der Waals surface area contributed by atoms with Crippen molar-refractivity contribution in [2.45, 2.75) is 0 Å². The highest BCUT2D eigenvalue weighted by Crippen LogP contribution is 2.27. The Kier molecular flexibility index (Phi) is 2.72. The predicted octanol–water partition coefficient (Wildman–Crippen LogP) is 3.60. The van der Waals surface area contributed by atoms with Crippen LogP contribution >= 0.6 is 0 Å². The summed E-state index contributed by atoms with van der Waals surface area (Å²) in [5.41, 5.74) is 1.99. The zero-order valence-corrected chi connectivity index (χ0v) is 10.1. The van der Waals surface area contributed by atoms with Crippen LogP contribution in [0, 0.1) is 0 Å². The quantitative estimate of drug-likeness (QED) is 0.754. The van der Waals surface area contributed by atoms with Gasteiger partial charge in [0, 0.05) is 11.8 Å². The largest absolute Gasteiger partial charge is 0.478 e. The molecule has 3 nitrogen and oxygen atoms in total. The van der Waals surface area contributed by atoms with Crippen LogP contribution in [0.2, 0.25) is 0 Å². The second kappa shape index (κ2) is 4.53. The molecule has 0 unspecified atom stereocenters. The van der Waals surface area contributed by atoms with Gasteiger partial charge in [-0.25, -0.2) is 4.79 Å². The van der Waals surface area contributed by atoms with E-state index in [0.717, 1.165) is 22.0 Å². The Bertz CT molecular complexity index is 743. The van der Waals surface area contributed by atoms with E-state index in [-0.39, 0.29) is 5.56 Å². The van der Waals surface area contributed by atoms with E-state index in [2.05, 4.69) is 4.98 Å². The van der Waals surface area contributed by atoms with Gasteiger partial charge in [-0.15, -0.1) is 0 Å². The number of nitrogens with zero attached hydrogens (tertiary/aromatic N) is 1. The minimum absolute atomic E-state index is 0.198. The van der Waals surface area contributed by atoms with Crippen LogP contribution in [0.4, 0.5) is 0 Å². The van der Waals surface area contributed by atoms with E-state index in [4.69, 9.17) is 5.11 Å². The molecule has 0 bridgehead atoms. The van der Waals surface area contributed by atoms with E-state index >= 15 is 0 Å². The molecule has 3 heteroatoms. The van der Waals surface area contributed by atoms with Crippen molar-refractivity contribution in [3.63, 3.8) is 0 Å². The SMILES string of the molecule is O=C(O)c1ccc(-c2cccc3ccccc23)nc1. The first-order valence-corrected chi connectivity index (χ1v) is 5.93. The summed E-state index contributed by atoms with van der Waals surface area (Å²) in [6, 6.07) is 17.4. The lowest BCUT2D eigenvalue weighted by Crippen LogP contribution is -1.97. The van der Waals surface area contributed by atoms with Crippen LogP contribution in [-0.2, 0) is 0 Å². The number of rotatable bonds is 2. The number of hydrogen-bond acceptors (Lipinski definition) is 2. The van der Waals surface area contributed by atoms with Gasteiger partial charge < -0.3 is 5.11 Å². The van der Waals surface area contributed by atoms with Crippen molar-refractivity contribution in [1.82, 2.24) is 4.98 Å². The number of carbonyl (C=O) groups is 1. The van der Waals surface area contributed by atoms with Crippen molar-refractivity contribution in [2.24, 2.45) is 0 Å². The fourth-order valence-corrected chi connectivity index (χ4v) is 2.13. The molecular formula is C16H11NO2. The van der Waals surface area contributed by atoms with E-state index in [0.29, 0.717) is 0 Å². The molecule has 2 aromatic carbocycles. The highest BCUT2D eigenvalue weighted by molar-refractivity contribution is 5.96. The smallest absolute Gasteiger partial charge is 0.337 e. The second-order valence-electron chi connectivity index (χ2n) is 4.26. The maximum atomic E-state index is 10.8. The van der Waals surface area contributed by atoms with E-state index in [9.17, 15) is 4.79 Å². The number of hydrogen-bond donors (Lipinski definition) is 1. The number of carboxylic acid groups (broad SMARTS) is 1. The lowest BCUT2D eigenvalue weighted by molar-refractivity contribution is 0.0696. The third-order valence-corrected chi connectivity index (χ3v) is 3.08. The Morgan fingerprint density at radius 2 is 1.74 bits per heavy atom. The number of pyridine rings is 1. The average molecular weight is 249 g/mol. The summed E-state index contributed by atoms with van der Waals surface area (Å²) in [4.78, 5) is 15.1. The van der Waals surface area contributed by atoms with Gasteiger partial charge in [-0.3, -0.25) is 4.98 Å². The van der Waals surface area contributed by atoms with Crippen LogP contribution in [0.25, 0.3) is 22.0 Å². The van der Waals surface area contributed by atoms with Crippen LogP contribution in [0.1, 0.15) is 10.4 Å². The first kappa shape index (κ1) is 11.4. The van der Waals surface area contributed by atoms with Crippen molar-refractivity contribution >= 4 is 16.7 Å². The maximum absolute atomic E-state index is 10.8. The van der Waals surface area contributed by atoms with E-state index in [1.54, 1.807) is 12.1 Å². The minimum Gasteiger partial charge on any atom is -0.478 e. The maximum Gasteiger partial charge on any atom is 0.337 e. The lowest BCUT2D eigenvalue weighted by atomic mass is 10.0. The van der Waals surface area contributed by atoms with E-state index < -0.39 is 5.97 Å². The van der Waals surface area contributed by atoms with Crippen LogP contribution in [0.3, 0.4) is 0 Å². The number of fused-ring (bicyclic) bond motifs is 1. The predicted molar refractivity (Wildman–Crippen MR) is 74.1 cm³/mol. The summed E-state index contributed by atoms with van der Waals surface area (Å²) < 4.78 is 0. The Balaban J connectivity index is 2.16. The molecule has 0 aliphatic heterocycles. The number of aromatic nitrogens is 1. The molecule has 0 spiro atoms. The molecule has 0 fully saturated rings. The summed E-state index contributed by atoms with van der Waals surface area (Å²) in [6.45, 7) is 0. The zero-order valence-electron chi connectivity index (χ0n) is 10.1. The Labute approximate surface area is 110 Å². The Morgan fingerprint density at radius 1 is 0.947 bits per heavy atom. The molecule has 92 valence electrons. The zero-order chi connectivity index (χ0) is 13.2. The van der Waals surface area contributed by atoms with Crippen molar-refractivity contribution in [2.75, 3.05) is 0 Å². The molecule has 1 aromatic heterocycles. The van der Waals surface area contributed by atoms with Gasteiger partial charge in [-0.2, -0.15) is 0 Å². The van der Waals surface area contributed by atoms with Gasteiger partial charge in [0.1, 0.15) is 0 Å². The van der Waals surface area contributed by atoms with Crippen LogP contribution in [0.5, 0.6) is 0 Å². The summed E-state index contributed by atoms with van der Waals surface area (Å²) >= 11 is 0. The first-order valence-electron chi connectivity index (χ1n) is 5.93. The van der Waals surface area contributed by atoms with Crippen molar-refractivity contribution in [3.05, 3.63) is 66.4 Å². The summed E-state index contributed by atoms with van der Waals surface area (Å²) in [5.74, 6) is -0.961. The third-order valence-electron chi connectivity index (χ3n) is 3.08. The molecule has 1 N–H and O–H groups in total. The number of benzene rings is 2. The fourth-order valence-electron chi connectivity index (χ4n) is 2.13. The summed E-state index contributed by atoms with van der Waals surface area (Å²) in [6.07, 6.45) is 1.39. The fraction of sp³-hybridized carbons (Fsp3) is 0. The monoisotopic (exact) mass is 249 g/mol. The molecule has 0 atom stereocenters. The topological polar surface area (TPSA) is 50.2 Å². The Hall–Kier alpha value is -2.68. The van der Waals surface area contributed by atoms with Crippen LogP contribution in [0.15, 0.2) is 60.8 Å². The van der Waals surface area contributed by atoms with Crippen molar-refractivity contribution in [1.29, 1.82) is 0 Å². The van der Waals surface area contributed by atoms with Crippen LogP contribution in [-0.4, -0.2) is 16.1 Å². The van der Waals surface area contributed by atoms with Gasteiger partial charge in [0.25, 0.3) is 0 Å². The number of aromatic carboxylic acids is 1. The molecule has 3 rings (SSSR count). The molecule has 0 saturated carbocycles. The van der Waals surface area contributed by atoms with Gasteiger partial charge in [0.15, 0.2) is 0 Å². The van der Waals surface area contributed by atoms with Crippen molar-refractivity contribution < 1.29 is 9.90 Å². The Morgan fingerprint density at radius 3 is 2.47 bits per heavy atom. The standard InChI is InChI=1S/C16H11NO2/c18-16(19)12-8-9-15(17-10-12)14-7-3-5-11-4-1-2-6-13(11)14/h1-10H,(H,18,19). The highest BCUT2D eigenvalue weighted by Gasteiger charge is 2.06. The van der Waals surface area contributed by atoms with Gasteiger partial charge in [0.05, 0.1) is 11.3 Å². The number of carboxylic acids is 1. The van der Waals surface area contributed by atoms with E-state index in [1.165, 1.54) is 6.20 Å². The van der Waals surface area contributed by atoms with Gasteiger partial charge in [-0.05, 0) is 22.9 Å². The van der Waals surface area contributed by atoms with Crippen LogP contribution < -0.4 is 0 Å².